The molecular weight excluding hydrogens is 450 g/mol. The highest BCUT2D eigenvalue weighted by molar-refractivity contribution is 7.89. The van der Waals surface area contributed by atoms with Gasteiger partial charge in [0.25, 0.3) is 5.91 Å². The monoisotopic (exact) mass is 470 g/mol. The van der Waals surface area contributed by atoms with Gasteiger partial charge in [0.2, 0.25) is 10.0 Å². The van der Waals surface area contributed by atoms with Crippen molar-refractivity contribution in [2.45, 2.75) is 18.2 Å². The Morgan fingerprint density at radius 3 is 2.41 bits per heavy atom. The number of hydrogen-bond acceptors (Lipinski definition) is 7. The molecule has 0 saturated carbocycles. The molecule has 12 heteroatoms. The van der Waals surface area contributed by atoms with E-state index < -0.39 is 57.4 Å². The summed E-state index contributed by atoms with van der Waals surface area (Å²) >= 11 is 0. The van der Waals surface area contributed by atoms with E-state index in [0.717, 1.165) is 6.07 Å². The number of carbonyl (C=O) groups excluding carboxylic acids is 3. The first-order valence-electron chi connectivity index (χ1n) is 9.12. The van der Waals surface area contributed by atoms with Crippen LogP contribution in [0.3, 0.4) is 0 Å². The van der Waals surface area contributed by atoms with Gasteiger partial charge in [-0.25, -0.2) is 26.7 Å². The smallest absolute Gasteiger partial charge is 0.337 e. The predicted octanol–water partition coefficient (Wildman–Crippen LogP) is 1.91. The number of sulfonamides is 1. The van der Waals surface area contributed by atoms with Gasteiger partial charge in [-0.05, 0) is 42.8 Å². The number of methoxy groups -OCH3 is 1. The van der Waals surface area contributed by atoms with E-state index in [1.165, 1.54) is 19.2 Å². The first-order chi connectivity index (χ1) is 15.0. The minimum Gasteiger partial charge on any atom is -0.465 e. The average Bonchev–Trinajstić information content (AvgIpc) is 2.75. The molecule has 0 bridgehead atoms. The van der Waals surface area contributed by atoms with Crippen LogP contribution in [0.15, 0.2) is 41.3 Å². The fourth-order valence-corrected chi connectivity index (χ4v) is 3.46. The van der Waals surface area contributed by atoms with Crippen LogP contribution in [0.4, 0.5) is 14.5 Å². The van der Waals surface area contributed by atoms with E-state index in [9.17, 15) is 31.6 Å². The normalized spacial score (nSPS) is 11.0. The van der Waals surface area contributed by atoms with Crippen molar-refractivity contribution >= 4 is 33.6 Å². The molecule has 9 nitrogen and oxygen atoms in total. The maximum absolute atomic E-state index is 13.2. The minimum absolute atomic E-state index is 0.221. The molecule has 1 amide bonds. The van der Waals surface area contributed by atoms with Gasteiger partial charge in [-0.15, -0.1) is 0 Å². The number of aryl methyl sites for hydroxylation is 1. The lowest BCUT2D eigenvalue weighted by atomic mass is 10.1. The SMILES string of the molecule is COC(=O)c1ccc(C)c(NC(=O)COC(=O)CCNS(=O)(=O)c2ccc(F)c(F)c2)c1. The molecule has 32 heavy (non-hydrogen) atoms. The molecule has 0 aliphatic rings. The van der Waals surface area contributed by atoms with E-state index in [2.05, 4.69) is 10.1 Å². The lowest BCUT2D eigenvalue weighted by Crippen LogP contribution is -2.28. The lowest BCUT2D eigenvalue weighted by Gasteiger charge is -2.11. The lowest BCUT2D eigenvalue weighted by molar-refractivity contribution is -0.147. The Balaban J connectivity index is 1.82. The van der Waals surface area contributed by atoms with Crippen molar-refractivity contribution in [2.24, 2.45) is 0 Å². The molecule has 2 aromatic carbocycles. The predicted molar refractivity (Wildman–Crippen MR) is 108 cm³/mol. The molecule has 0 saturated heterocycles. The number of carbonyl (C=O) groups is 3. The largest absolute Gasteiger partial charge is 0.465 e. The molecule has 2 N–H and O–H groups in total. The van der Waals surface area contributed by atoms with Crippen LogP contribution in [0.25, 0.3) is 0 Å². The number of hydrogen-bond donors (Lipinski definition) is 2. The van der Waals surface area contributed by atoms with Crippen molar-refractivity contribution in [2.75, 3.05) is 25.6 Å². The molecule has 0 spiro atoms. The quantitative estimate of drug-likeness (QED) is 0.536. The Hall–Kier alpha value is -3.38. The molecule has 0 atom stereocenters. The number of nitrogens with one attached hydrogen (secondary N) is 2. The molecule has 2 aromatic rings. The van der Waals surface area contributed by atoms with E-state index in [1.54, 1.807) is 13.0 Å². The Bertz CT molecular complexity index is 1140. The third-order valence-electron chi connectivity index (χ3n) is 4.12. The molecule has 0 radical (unpaired) electrons. The van der Waals surface area contributed by atoms with Crippen LogP contribution in [0.2, 0.25) is 0 Å². The summed E-state index contributed by atoms with van der Waals surface area (Å²) in [6.45, 7) is 0.667. The first kappa shape index (κ1) is 24.9. The molecule has 0 heterocycles. The van der Waals surface area contributed by atoms with Crippen LogP contribution in [0.5, 0.6) is 0 Å². The highest BCUT2D eigenvalue weighted by Gasteiger charge is 2.17. The van der Waals surface area contributed by atoms with Gasteiger partial charge in [-0.1, -0.05) is 6.07 Å². The summed E-state index contributed by atoms with van der Waals surface area (Å²) in [4.78, 5) is 34.9. The van der Waals surface area contributed by atoms with Crippen LogP contribution in [-0.4, -0.2) is 46.5 Å². The van der Waals surface area contributed by atoms with Crippen molar-refractivity contribution in [3.8, 4) is 0 Å². The Labute approximate surface area is 182 Å². The van der Waals surface area contributed by atoms with E-state index >= 15 is 0 Å². The van der Waals surface area contributed by atoms with Gasteiger partial charge in [0, 0.05) is 12.2 Å². The van der Waals surface area contributed by atoms with E-state index in [0.29, 0.717) is 23.4 Å². The molecular formula is C20H20F2N2O7S. The molecule has 172 valence electrons. The number of benzene rings is 2. The molecule has 0 aliphatic carbocycles. The zero-order valence-electron chi connectivity index (χ0n) is 17.1. The Morgan fingerprint density at radius 1 is 1.03 bits per heavy atom. The van der Waals surface area contributed by atoms with Gasteiger partial charge in [0.05, 0.1) is 24.0 Å². The number of ether oxygens (including phenoxy) is 2. The number of halogens is 2. The second kappa shape index (κ2) is 10.8. The summed E-state index contributed by atoms with van der Waals surface area (Å²) in [5.41, 5.74) is 1.20. The second-order valence-corrected chi connectivity index (χ2v) is 8.22. The zero-order valence-corrected chi connectivity index (χ0v) is 17.9. The maximum atomic E-state index is 13.2. The van der Waals surface area contributed by atoms with Gasteiger partial charge >= 0.3 is 11.9 Å². The van der Waals surface area contributed by atoms with E-state index in [4.69, 9.17) is 4.74 Å². The van der Waals surface area contributed by atoms with Gasteiger partial charge in [-0.3, -0.25) is 9.59 Å². The van der Waals surface area contributed by atoms with Crippen molar-refractivity contribution in [1.29, 1.82) is 0 Å². The maximum Gasteiger partial charge on any atom is 0.337 e. The van der Waals surface area contributed by atoms with Crippen molar-refractivity contribution in [1.82, 2.24) is 4.72 Å². The average molecular weight is 470 g/mol. The third-order valence-corrected chi connectivity index (χ3v) is 5.58. The standard InChI is InChI=1S/C20H20F2N2O7S/c1-12-3-4-13(20(27)30-2)9-17(12)24-18(25)11-31-19(26)7-8-23-32(28,29)14-5-6-15(21)16(22)10-14/h3-6,9-10,23H,7-8,11H2,1-2H3,(H,24,25). The summed E-state index contributed by atoms with van der Waals surface area (Å²) in [6.07, 6.45) is -0.410. The number of esters is 2. The fraction of sp³-hybridized carbons (Fsp3) is 0.250. The fourth-order valence-electron chi connectivity index (χ4n) is 2.42. The van der Waals surface area contributed by atoms with Gasteiger partial charge in [-0.2, -0.15) is 0 Å². The van der Waals surface area contributed by atoms with Crippen LogP contribution in [0, 0.1) is 18.6 Å². The molecule has 2 rings (SSSR count). The number of anilines is 1. The number of rotatable bonds is 9. The summed E-state index contributed by atoms with van der Waals surface area (Å²) in [6, 6.07) is 6.59. The van der Waals surface area contributed by atoms with Crippen molar-refractivity contribution in [3.05, 3.63) is 59.2 Å². The Kier molecular flexibility index (Phi) is 8.38. The van der Waals surface area contributed by atoms with Crippen molar-refractivity contribution < 1.29 is 41.1 Å². The van der Waals surface area contributed by atoms with Crippen molar-refractivity contribution in [3.63, 3.8) is 0 Å². The van der Waals surface area contributed by atoms with Gasteiger partial charge < -0.3 is 14.8 Å². The summed E-state index contributed by atoms with van der Waals surface area (Å²) < 4.78 is 61.6. The Morgan fingerprint density at radius 2 is 1.75 bits per heavy atom. The third kappa shape index (κ3) is 6.82. The van der Waals surface area contributed by atoms with Gasteiger partial charge in [0.1, 0.15) is 0 Å². The van der Waals surface area contributed by atoms with Crippen LogP contribution in [-0.2, 0) is 29.1 Å². The summed E-state index contributed by atoms with van der Waals surface area (Å²) in [5.74, 6) is -4.65. The molecule has 0 unspecified atom stereocenters. The van der Waals surface area contributed by atoms with Crippen LogP contribution in [0.1, 0.15) is 22.3 Å². The van der Waals surface area contributed by atoms with E-state index in [1.807, 2.05) is 4.72 Å². The molecule has 0 fully saturated rings. The van der Waals surface area contributed by atoms with Crippen LogP contribution < -0.4 is 10.0 Å². The highest BCUT2D eigenvalue weighted by Crippen LogP contribution is 2.17. The highest BCUT2D eigenvalue weighted by atomic mass is 32.2. The molecule has 0 aliphatic heterocycles. The summed E-state index contributed by atoms with van der Waals surface area (Å²) in [7, 11) is -2.95. The summed E-state index contributed by atoms with van der Waals surface area (Å²) in [5, 5.41) is 2.50. The second-order valence-electron chi connectivity index (χ2n) is 6.45. The van der Waals surface area contributed by atoms with Gasteiger partial charge in [0.15, 0.2) is 18.2 Å². The van der Waals surface area contributed by atoms with E-state index in [-0.39, 0.29) is 12.1 Å². The first-order valence-corrected chi connectivity index (χ1v) is 10.6. The minimum atomic E-state index is -4.17. The topological polar surface area (TPSA) is 128 Å². The molecule has 0 aromatic heterocycles. The number of amides is 1. The van der Waals surface area contributed by atoms with Crippen LogP contribution >= 0.6 is 0 Å². The zero-order chi connectivity index (χ0) is 23.9.